The molecule has 0 aliphatic carbocycles. The van der Waals surface area contributed by atoms with Gasteiger partial charge in [-0.1, -0.05) is 45.7 Å². The average molecular weight is 448 g/mol. The number of carbonyl (C=O) groups is 2. The van der Waals surface area contributed by atoms with E-state index >= 15 is 0 Å². The second kappa shape index (κ2) is 11.3. The Bertz CT molecular complexity index is 724. The van der Waals surface area contributed by atoms with Crippen LogP contribution < -0.4 is 4.90 Å². The van der Waals surface area contributed by atoms with Gasteiger partial charge in [-0.3, -0.25) is 9.69 Å². The molecule has 0 unspecified atom stereocenters. The summed E-state index contributed by atoms with van der Waals surface area (Å²) in [6, 6.07) is 7.56. The molecular weight excluding hydrogens is 406 g/mol. The van der Waals surface area contributed by atoms with E-state index in [1.165, 1.54) is 18.4 Å². The summed E-state index contributed by atoms with van der Waals surface area (Å²) >= 11 is 0. The number of hydrogen-bond acceptors (Lipinski definition) is 4. The van der Waals surface area contributed by atoms with Crippen LogP contribution in [0.2, 0.25) is 18.1 Å². The summed E-state index contributed by atoms with van der Waals surface area (Å²) in [4.78, 5) is 26.1. The standard InChI is InChI=1S/C25H41NO4Si/c1-7-29-24(28)22-17-18-23(27)26(22)21-15-13-20(14-16-21)12-10-8-9-11-19-30-31(5,6)25(2,3)4/h13-16,22H,7-12,17-19H2,1-6H3/t22-/m1/s1. The highest BCUT2D eigenvalue weighted by atomic mass is 28.4. The summed E-state index contributed by atoms with van der Waals surface area (Å²) < 4.78 is 11.4. The van der Waals surface area contributed by atoms with Crippen LogP contribution in [0.1, 0.15) is 71.8 Å². The van der Waals surface area contributed by atoms with E-state index in [1.807, 2.05) is 12.1 Å². The number of anilines is 1. The van der Waals surface area contributed by atoms with Crippen molar-refractivity contribution >= 4 is 25.9 Å². The molecule has 1 aromatic rings. The molecule has 1 aromatic carbocycles. The third-order valence-corrected chi connectivity index (χ3v) is 11.2. The van der Waals surface area contributed by atoms with E-state index in [0.29, 0.717) is 19.4 Å². The maximum atomic E-state index is 12.3. The van der Waals surface area contributed by atoms with Crippen molar-refractivity contribution < 1.29 is 18.8 Å². The Morgan fingerprint density at radius 2 is 1.74 bits per heavy atom. The number of nitrogens with zero attached hydrogens (tertiary/aromatic N) is 1. The lowest BCUT2D eigenvalue weighted by atomic mass is 10.1. The van der Waals surface area contributed by atoms with Crippen LogP contribution >= 0.6 is 0 Å². The molecule has 0 N–H and O–H groups in total. The van der Waals surface area contributed by atoms with E-state index < -0.39 is 14.4 Å². The van der Waals surface area contributed by atoms with Crippen LogP contribution in [-0.2, 0) is 25.2 Å². The first-order valence-electron chi connectivity index (χ1n) is 11.8. The summed E-state index contributed by atoms with van der Waals surface area (Å²) in [6.07, 6.45) is 6.60. The quantitative estimate of drug-likeness (QED) is 0.242. The molecule has 1 fully saturated rings. The fourth-order valence-corrected chi connectivity index (χ4v) is 4.71. The molecular formula is C25H41NO4Si. The second-order valence-electron chi connectivity index (χ2n) is 10.0. The van der Waals surface area contributed by atoms with E-state index in [4.69, 9.17) is 9.16 Å². The first-order chi connectivity index (χ1) is 14.6. The highest BCUT2D eigenvalue weighted by molar-refractivity contribution is 6.74. The number of aryl methyl sites for hydroxylation is 1. The summed E-state index contributed by atoms with van der Waals surface area (Å²) in [5, 5.41) is 0.273. The molecule has 0 bridgehead atoms. The fourth-order valence-electron chi connectivity index (χ4n) is 3.62. The minimum Gasteiger partial charge on any atom is -0.464 e. The summed E-state index contributed by atoms with van der Waals surface area (Å²) in [5.41, 5.74) is 2.05. The van der Waals surface area contributed by atoms with Crippen molar-refractivity contribution in [2.45, 2.75) is 96.8 Å². The highest BCUT2D eigenvalue weighted by Crippen LogP contribution is 2.36. The first-order valence-corrected chi connectivity index (χ1v) is 14.7. The largest absolute Gasteiger partial charge is 0.464 e. The molecule has 1 aliphatic rings. The van der Waals surface area contributed by atoms with Crippen molar-refractivity contribution in [1.29, 1.82) is 0 Å². The number of esters is 1. The smallest absolute Gasteiger partial charge is 0.329 e. The first kappa shape index (κ1) is 25.6. The molecule has 0 radical (unpaired) electrons. The Morgan fingerprint density at radius 1 is 1.10 bits per heavy atom. The highest BCUT2D eigenvalue weighted by Gasteiger charge is 2.38. The van der Waals surface area contributed by atoms with Crippen molar-refractivity contribution in [1.82, 2.24) is 0 Å². The van der Waals surface area contributed by atoms with Gasteiger partial charge in [0.15, 0.2) is 8.32 Å². The van der Waals surface area contributed by atoms with E-state index in [2.05, 4.69) is 46.0 Å². The molecule has 1 amide bonds. The van der Waals surface area contributed by atoms with E-state index in [-0.39, 0.29) is 16.9 Å². The Hall–Kier alpha value is -1.66. The maximum Gasteiger partial charge on any atom is 0.329 e. The van der Waals surface area contributed by atoms with Gasteiger partial charge in [-0.2, -0.15) is 0 Å². The zero-order valence-electron chi connectivity index (χ0n) is 20.3. The number of amides is 1. The molecule has 1 heterocycles. The Labute approximate surface area is 189 Å². The van der Waals surface area contributed by atoms with Gasteiger partial charge in [0.1, 0.15) is 6.04 Å². The summed E-state index contributed by atoms with van der Waals surface area (Å²) in [7, 11) is -1.62. The summed E-state index contributed by atoms with van der Waals surface area (Å²) in [6.45, 7) is 14.4. The van der Waals surface area contributed by atoms with E-state index in [1.54, 1.807) is 11.8 Å². The molecule has 2 rings (SSSR count). The molecule has 174 valence electrons. The van der Waals surface area contributed by atoms with Crippen LogP contribution in [0.4, 0.5) is 5.69 Å². The van der Waals surface area contributed by atoms with Gasteiger partial charge in [-0.05, 0) is 68.4 Å². The molecule has 31 heavy (non-hydrogen) atoms. The molecule has 0 spiro atoms. The van der Waals surface area contributed by atoms with Crippen molar-refractivity contribution in [3.63, 3.8) is 0 Å². The Morgan fingerprint density at radius 3 is 2.35 bits per heavy atom. The normalized spacial score (nSPS) is 17.3. The minimum absolute atomic E-state index is 0.00859. The van der Waals surface area contributed by atoms with Crippen LogP contribution in [0.5, 0.6) is 0 Å². The van der Waals surface area contributed by atoms with Gasteiger partial charge in [0.05, 0.1) is 6.61 Å². The van der Waals surface area contributed by atoms with Gasteiger partial charge in [0.2, 0.25) is 5.91 Å². The monoisotopic (exact) mass is 447 g/mol. The third kappa shape index (κ3) is 7.18. The molecule has 1 aliphatic heterocycles. The van der Waals surface area contributed by atoms with Gasteiger partial charge in [-0.15, -0.1) is 0 Å². The van der Waals surface area contributed by atoms with Gasteiger partial charge in [0, 0.05) is 18.7 Å². The number of benzene rings is 1. The number of carbonyl (C=O) groups excluding carboxylic acids is 2. The van der Waals surface area contributed by atoms with Crippen molar-refractivity contribution in [2.75, 3.05) is 18.1 Å². The van der Waals surface area contributed by atoms with Crippen LogP contribution in [0.3, 0.4) is 0 Å². The average Bonchev–Trinajstić information content (AvgIpc) is 3.08. The van der Waals surface area contributed by atoms with Crippen molar-refractivity contribution in [2.24, 2.45) is 0 Å². The van der Waals surface area contributed by atoms with E-state index in [0.717, 1.165) is 31.6 Å². The maximum absolute atomic E-state index is 12.3. The lowest BCUT2D eigenvalue weighted by Crippen LogP contribution is -2.40. The van der Waals surface area contributed by atoms with E-state index in [9.17, 15) is 9.59 Å². The molecule has 1 saturated heterocycles. The number of unbranched alkanes of at least 4 members (excludes halogenated alkanes) is 3. The van der Waals surface area contributed by atoms with Crippen LogP contribution in [0.25, 0.3) is 0 Å². The van der Waals surface area contributed by atoms with Gasteiger partial charge < -0.3 is 9.16 Å². The zero-order valence-corrected chi connectivity index (χ0v) is 21.3. The van der Waals surface area contributed by atoms with Crippen LogP contribution in [0, 0.1) is 0 Å². The molecule has 5 nitrogen and oxygen atoms in total. The fraction of sp³-hybridized carbons (Fsp3) is 0.680. The zero-order chi connectivity index (χ0) is 23.1. The molecule has 1 atom stereocenters. The van der Waals surface area contributed by atoms with Gasteiger partial charge in [-0.25, -0.2) is 4.79 Å². The lowest BCUT2D eigenvalue weighted by Gasteiger charge is -2.36. The third-order valence-electron chi connectivity index (χ3n) is 6.61. The second-order valence-corrected chi connectivity index (χ2v) is 14.8. The molecule has 6 heteroatoms. The Kier molecular flexibility index (Phi) is 9.31. The molecule has 0 saturated carbocycles. The van der Waals surface area contributed by atoms with Crippen molar-refractivity contribution in [3.8, 4) is 0 Å². The number of ether oxygens (including phenoxy) is 1. The van der Waals surface area contributed by atoms with Crippen molar-refractivity contribution in [3.05, 3.63) is 29.8 Å². The predicted octanol–water partition coefficient (Wildman–Crippen LogP) is 5.87. The topological polar surface area (TPSA) is 55.8 Å². The molecule has 0 aromatic heterocycles. The number of rotatable bonds is 11. The van der Waals surface area contributed by atoms with Gasteiger partial charge in [0.25, 0.3) is 0 Å². The minimum atomic E-state index is -1.62. The lowest BCUT2D eigenvalue weighted by molar-refractivity contribution is -0.144. The van der Waals surface area contributed by atoms with Gasteiger partial charge >= 0.3 is 5.97 Å². The van der Waals surface area contributed by atoms with Crippen LogP contribution in [0.15, 0.2) is 24.3 Å². The SMILES string of the molecule is CCOC(=O)[C@H]1CCC(=O)N1c1ccc(CCCCCCO[Si](C)(C)C(C)(C)C)cc1. The predicted molar refractivity (Wildman–Crippen MR) is 129 cm³/mol. The van der Waals surface area contributed by atoms with Crippen LogP contribution in [-0.4, -0.2) is 39.4 Å². The summed E-state index contributed by atoms with van der Waals surface area (Å²) in [5.74, 6) is -0.319. The number of hydrogen-bond donors (Lipinski definition) is 0. The Balaban J connectivity index is 1.74.